The van der Waals surface area contributed by atoms with Gasteiger partial charge >= 0.3 is 0 Å². The highest BCUT2D eigenvalue weighted by molar-refractivity contribution is 6.04. The zero-order valence-corrected chi connectivity index (χ0v) is 14.2. The Hall–Kier alpha value is -2.70. The lowest BCUT2D eigenvalue weighted by Crippen LogP contribution is -2.25. The van der Waals surface area contributed by atoms with Gasteiger partial charge in [0.05, 0.1) is 12.1 Å². The Morgan fingerprint density at radius 3 is 2.64 bits per heavy atom. The van der Waals surface area contributed by atoms with Gasteiger partial charge in [0.2, 0.25) is 0 Å². The first kappa shape index (κ1) is 17.1. The number of anilines is 1. The van der Waals surface area contributed by atoms with Gasteiger partial charge < -0.3 is 20.1 Å². The van der Waals surface area contributed by atoms with Crippen molar-refractivity contribution in [1.82, 2.24) is 9.55 Å². The Balaban J connectivity index is 1.80. The molecule has 3 rings (SSSR count). The third-order valence-corrected chi connectivity index (χ3v) is 4.31. The molecule has 2 heterocycles. The maximum absolute atomic E-state index is 12.4. The van der Waals surface area contributed by atoms with Crippen molar-refractivity contribution in [2.45, 2.75) is 26.0 Å². The Labute approximate surface area is 145 Å². The number of amides is 1. The largest absolute Gasteiger partial charge is 0.393 e. The Morgan fingerprint density at radius 1 is 1.28 bits per heavy atom. The Morgan fingerprint density at radius 2 is 2.00 bits per heavy atom. The summed E-state index contributed by atoms with van der Waals surface area (Å²) in [6.45, 7) is 4.03. The number of pyridine rings is 1. The number of nitrogens with zero attached hydrogens (tertiary/aromatic N) is 2. The Bertz CT molecular complexity index is 898. The summed E-state index contributed by atoms with van der Waals surface area (Å²) in [6.07, 6.45) is 3.72. The van der Waals surface area contributed by atoms with E-state index in [9.17, 15) is 15.0 Å². The van der Waals surface area contributed by atoms with Crippen LogP contribution in [0.15, 0.2) is 48.8 Å². The first-order chi connectivity index (χ1) is 11.9. The highest BCUT2D eigenvalue weighted by Crippen LogP contribution is 2.21. The van der Waals surface area contributed by atoms with E-state index in [4.69, 9.17) is 0 Å². The van der Waals surface area contributed by atoms with Crippen molar-refractivity contribution in [3.05, 3.63) is 59.9 Å². The van der Waals surface area contributed by atoms with Gasteiger partial charge in [-0.25, -0.2) is 4.98 Å². The van der Waals surface area contributed by atoms with Crippen LogP contribution in [0.3, 0.4) is 0 Å². The van der Waals surface area contributed by atoms with Crippen molar-refractivity contribution in [2.24, 2.45) is 0 Å². The smallest absolute Gasteiger partial charge is 0.256 e. The first-order valence-electron chi connectivity index (χ1n) is 8.14. The molecule has 0 aliphatic carbocycles. The number of nitrogens with one attached hydrogen (secondary N) is 1. The molecule has 2 aromatic heterocycles. The molecule has 0 fully saturated rings. The molecule has 0 bridgehead atoms. The van der Waals surface area contributed by atoms with Gasteiger partial charge in [-0.3, -0.25) is 4.79 Å². The van der Waals surface area contributed by atoms with Crippen LogP contribution in [0.1, 0.15) is 29.8 Å². The molecule has 0 saturated heterocycles. The van der Waals surface area contributed by atoms with Crippen molar-refractivity contribution < 1.29 is 15.0 Å². The second kappa shape index (κ2) is 6.66. The molecule has 0 radical (unpaired) electrons. The molecular formula is C19H21N3O3. The second-order valence-corrected chi connectivity index (χ2v) is 6.19. The minimum atomic E-state index is -1.33. The number of hydrogen-bond acceptors (Lipinski definition) is 4. The van der Waals surface area contributed by atoms with Crippen LogP contribution in [0.4, 0.5) is 5.82 Å². The molecule has 6 heteroatoms. The molecule has 3 N–H and O–H groups in total. The van der Waals surface area contributed by atoms with E-state index in [0.717, 1.165) is 17.4 Å². The fourth-order valence-corrected chi connectivity index (χ4v) is 2.69. The summed E-state index contributed by atoms with van der Waals surface area (Å²) in [6, 6.07) is 10.3. The zero-order chi connectivity index (χ0) is 18.0. The van der Waals surface area contributed by atoms with E-state index < -0.39 is 5.60 Å². The predicted molar refractivity (Wildman–Crippen MR) is 96.5 cm³/mol. The van der Waals surface area contributed by atoms with Crippen LogP contribution in [-0.4, -0.2) is 32.3 Å². The second-order valence-electron chi connectivity index (χ2n) is 6.19. The van der Waals surface area contributed by atoms with Gasteiger partial charge in [-0.15, -0.1) is 0 Å². The Kier molecular flexibility index (Phi) is 4.57. The van der Waals surface area contributed by atoms with Crippen molar-refractivity contribution in [2.75, 3.05) is 11.9 Å². The van der Waals surface area contributed by atoms with Crippen molar-refractivity contribution in [1.29, 1.82) is 0 Å². The fourth-order valence-electron chi connectivity index (χ4n) is 2.69. The molecule has 1 amide bonds. The zero-order valence-electron chi connectivity index (χ0n) is 14.2. The van der Waals surface area contributed by atoms with Gasteiger partial charge in [0.1, 0.15) is 11.4 Å². The molecule has 0 aliphatic rings. The van der Waals surface area contributed by atoms with Crippen molar-refractivity contribution in [3.8, 4) is 0 Å². The number of carbonyl (C=O) groups excluding carboxylic acids is 1. The average Bonchev–Trinajstić information content (AvgIpc) is 3.04. The standard InChI is InChI=1S/C19H21N3O3/c1-3-22-9-8-14-11-20-17(10-16(14)22)21-18(24)13-4-6-15(7-5-13)19(2,25)12-23/h4-11,23,25H,3,12H2,1-2H3,(H,20,21,24)/t19-/m1/s1. The van der Waals surface area contributed by atoms with E-state index in [1.54, 1.807) is 30.5 Å². The number of aryl methyl sites for hydroxylation is 1. The van der Waals surface area contributed by atoms with Crippen molar-refractivity contribution in [3.63, 3.8) is 0 Å². The summed E-state index contributed by atoms with van der Waals surface area (Å²) in [5.41, 5.74) is 0.687. The topological polar surface area (TPSA) is 87.4 Å². The summed E-state index contributed by atoms with van der Waals surface area (Å²) in [5.74, 6) is 0.203. The number of aromatic nitrogens is 2. The molecule has 1 atom stereocenters. The summed E-state index contributed by atoms with van der Waals surface area (Å²) in [4.78, 5) is 16.7. The van der Waals surface area contributed by atoms with Gasteiger partial charge in [0.25, 0.3) is 5.91 Å². The number of fused-ring (bicyclic) bond motifs is 1. The maximum atomic E-state index is 12.4. The summed E-state index contributed by atoms with van der Waals surface area (Å²) in [5, 5.41) is 23.0. The number of benzene rings is 1. The van der Waals surface area contributed by atoms with Crippen LogP contribution < -0.4 is 5.32 Å². The van der Waals surface area contributed by atoms with Gasteiger partial charge in [-0.05, 0) is 37.6 Å². The molecule has 130 valence electrons. The molecule has 3 aromatic rings. The lowest BCUT2D eigenvalue weighted by Gasteiger charge is -2.20. The number of aliphatic hydroxyl groups excluding tert-OH is 1. The van der Waals surface area contributed by atoms with Crippen molar-refractivity contribution >= 4 is 22.6 Å². The van der Waals surface area contributed by atoms with Gasteiger partial charge in [-0.1, -0.05) is 12.1 Å². The van der Waals surface area contributed by atoms with E-state index in [1.165, 1.54) is 6.92 Å². The number of carbonyl (C=O) groups is 1. The van der Waals surface area contributed by atoms with Gasteiger partial charge in [0, 0.05) is 36.0 Å². The molecule has 0 spiro atoms. The van der Waals surface area contributed by atoms with Crippen LogP contribution in [0.5, 0.6) is 0 Å². The monoisotopic (exact) mass is 339 g/mol. The number of rotatable bonds is 5. The lowest BCUT2D eigenvalue weighted by molar-refractivity contribution is -0.00229. The average molecular weight is 339 g/mol. The molecule has 1 aromatic carbocycles. The van der Waals surface area contributed by atoms with E-state index in [-0.39, 0.29) is 12.5 Å². The predicted octanol–water partition coefficient (Wildman–Crippen LogP) is 2.51. The number of hydrogen-bond donors (Lipinski definition) is 3. The maximum Gasteiger partial charge on any atom is 0.256 e. The van der Waals surface area contributed by atoms with Gasteiger partial charge in [-0.2, -0.15) is 0 Å². The summed E-state index contributed by atoms with van der Waals surface area (Å²) < 4.78 is 2.08. The summed E-state index contributed by atoms with van der Waals surface area (Å²) >= 11 is 0. The molecule has 25 heavy (non-hydrogen) atoms. The molecular weight excluding hydrogens is 318 g/mol. The van der Waals surface area contributed by atoms with E-state index >= 15 is 0 Å². The fraction of sp³-hybridized carbons (Fsp3) is 0.263. The minimum Gasteiger partial charge on any atom is -0.393 e. The van der Waals surface area contributed by atoms with E-state index in [2.05, 4.69) is 21.8 Å². The van der Waals surface area contributed by atoms with Crippen LogP contribution in [-0.2, 0) is 12.1 Å². The third-order valence-electron chi connectivity index (χ3n) is 4.31. The minimum absolute atomic E-state index is 0.281. The first-order valence-corrected chi connectivity index (χ1v) is 8.14. The number of aliphatic hydroxyl groups is 2. The highest BCUT2D eigenvalue weighted by atomic mass is 16.3. The molecule has 0 aliphatic heterocycles. The van der Waals surface area contributed by atoms with Crippen LogP contribution in [0.2, 0.25) is 0 Å². The quantitative estimate of drug-likeness (QED) is 0.666. The molecule has 0 unspecified atom stereocenters. The van der Waals surface area contributed by atoms with Crippen LogP contribution in [0, 0.1) is 0 Å². The molecule has 6 nitrogen and oxygen atoms in total. The molecule has 0 saturated carbocycles. The third kappa shape index (κ3) is 3.40. The SMILES string of the molecule is CCn1ccc2cnc(NC(=O)c3ccc([C@](C)(O)CO)cc3)cc21. The van der Waals surface area contributed by atoms with Crippen LogP contribution in [0.25, 0.3) is 10.9 Å². The summed E-state index contributed by atoms with van der Waals surface area (Å²) in [7, 11) is 0. The van der Waals surface area contributed by atoms with Crippen LogP contribution >= 0.6 is 0 Å². The highest BCUT2D eigenvalue weighted by Gasteiger charge is 2.22. The van der Waals surface area contributed by atoms with E-state index in [1.807, 2.05) is 18.3 Å². The normalized spacial score (nSPS) is 13.6. The van der Waals surface area contributed by atoms with Gasteiger partial charge in [0.15, 0.2) is 0 Å². The van der Waals surface area contributed by atoms with E-state index in [0.29, 0.717) is 16.9 Å². The lowest BCUT2D eigenvalue weighted by atomic mass is 9.96.